The Morgan fingerprint density at radius 1 is 1.05 bits per heavy atom. The first-order valence-corrected chi connectivity index (χ1v) is 11.8. The number of rotatable bonds is 7. The fraction of sp³-hybridized carbons (Fsp3) is 0.143. The zero-order valence-electron chi connectivity index (χ0n) is 20.4. The van der Waals surface area contributed by atoms with Crippen molar-refractivity contribution >= 4 is 22.5 Å². The molecule has 0 aliphatic rings. The number of halogens is 1. The topological polar surface area (TPSA) is 93.8 Å². The molecule has 1 unspecified atom stereocenters. The number of amides is 1. The Hall–Kier alpha value is -4.63. The van der Waals surface area contributed by atoms with E-state index in [4.69, 9.17) is 0 Å². The van der Waals surface area contributed by atoms with E-state index in [-0.39, 0.29) is 29.5 Å². The molecule has 3 aromatic heterocycles. The van der Waals surface area contributed by atoms with Gasteiger partial charge in [0.15, 0.2) is 0 Å². The molecule has 0 aliphatic carbocycles. The van der Waals surface area contributed by atoms with Gasteiger partial charge in [-0.25, -0.2) is 9.37 Å². The molecule has 8 nitrogen and oxygen atoms in total. The lowest BCUT2D eigenvalue weighted by Gasteiger charge is -2.16. The van der Waals surface area contributed by atoms with Crippen molar-refractivity contribution in [3.8, 4) is 17.1 Å². The van der Waals surface area contributed by atoms with Gasteiger partial charge in [0.1, 0.15) is 17.3 Å². The molecular weight excluding hydrogens is 471 g/mol. The number of hydrogen-bond acceptors (Lipinski definition) is 5. The first kappa shape index (κ1) is 24.1. The number of likely N-dealkylation sites (N-methyl/N-ethyl adjacent to an activating group) is 1. The molecule has 0 radical (unpaired) electrons. The van der Waals surface area contributed by atoms with Crippen LogP contribution in [0.25, 0.3) is 28.0 Å². The Kier molecular flexibility index (Phi) is 6.61. The lowest BCUT2D eigenvalue weighted by Crippen LogP contribution is -2.38. The lowest BCUT2D eigenvalue weighted by molar-refractivity contribution is -0.117. The first-order valence-electron chi connectivity index (χ1n) is 11.8. The number of aromatic nitrogens is 4. The van der Waals surface area contributed by atoms with Gasteiger partial charge in [0.25, 0.3) is 5.56 Å². The molecule has 5 rings (SSSR count). The summed E-state index contributed by atoms with van der Waals surface area (Å²) in [6, 6.07) is 17.3. The van der Waals surface area contributed by atoms with Crippen LogP contribution in [0.5, 0.6) is 0 Å². The molecule has 0 saturated heterocycles. The second-order valence-corrected chi connectivity index (χ2v) is 8.69. The van der Waals surface area contributed by atoms with Gasteiger partial charge < -0.3 is 15.2 Å². The predicted molar refractivity (Wildman–Crippen MR) is 141 cm³/mol. The third kappa shape index (κ3) is 4.89. The number of fused-ring (bicyclic) bond motifs is 1. The fourth-order valence-corrected chi connectivity index (χ4v) is 4.13. The van der Waals surface area contributed by atoms with E-state index in [2.05, 4.69) is 20.6 Å². The highest BCUT2D eigenvalue weighted by atomic mass is 19.1. The van der Waals surface area contributed by atoms with E-state index < -0.39 is 6.04 Å². The molecule has 1 amide bonds. The third-order valence-electron chi connectivity index (χ3n) is 6.21. The second kappa shape index (κ2) is 10.2. The molecule has 0 bridgehead atoms. The number of carbonyl (C=O) groups excluding carboxylic acids is 1. The predicted octanol–water partition coefficient (Wildman–Crippen LogP) is 3.98. The van der Waals surface area contributed by atoms with Gasteiger partial charge in [-0.05, 0) is 49.9 Å². The summed E-state index contributed by atoms with van der Waals surface area (Å²) in [7, 11) is 1.67. The Balaban J connectivity index is 1.56. The number of nitrogens with one attached hydrogen (secondary N) is 2. The van der Waals surface area contributed by atoms with Crippen LogP contribution in [-0.4, -0.2) is 38.1 Å². The summed E-state index contributed by atoms with van der Waals surface area (Å²) >= 11 is 0. The van der Waals surface area contributed by atoms with Gasteiger partial charge in [0.05, 0.1) is 36.2 Å². The van der Waals surface area contributed by atoms with Crippen LogP contribution >= 0.6 is 0 Å². The maximum absolute atomic E-state index is 13.7. The Labute approximate surface area is 212 Å². The monoisotopic (exact) mass is 496 g/mol. The molecule has 2 aromatic carbocycles. The number of hydrogen-bond donors (Lipinski definition) is 2. The van der Waals surface area contributed by atoms with Crippen molar-refractivity contribution in [2.24, 2.45) is 0 Å². The van der Waals surface area contributed by atoms with Crippen LogP contribution in [0.2, 0.25) is 0 Å². The van der Waals surface area contributed by atoms with Crippen molar-refractivity contribution in [2.75, 3.05) is 12.4 Å². The maximum Gasteiger partial charge on any atom is 0.277 e. The van der Waals surface area contributed by atoms with Gasteiger partial charge in [0.2, 0.25) is 5.91 Å². The van der Waals surface area contributed by atoms with Crippen molar-refractivity contribution in [3.63, 3.8) is 0 Å². The summed E-state index contributed by atoms with van der Waals surface area (Å²) in [5, 5.41) is 6.31. The minimum atomic E-state index is -0.479. The lowest BCUT2D eigenvalue weighted by atomic mass is 10.2. The van der Waals surface area contributed by atoms with Crippen molar-refractivity contribution in [1.29, 1.82) is 0 Å². The van der Waals surface area contributed by atoms with Crippen LogP contribution in [-0.2, 0) is 11.3 Å². The molecule has 3 heterocycles. The summed E-state index contributed by atoms with van der Waals surface area (Å²) in [6.45, 7) is 1.88. The Morgan fingerprint density at radius 2 is 1.86 bits per heavy atom. The molecule has 2 N–H and O–H groups in total. The first-order chi connectivity index (χ1) is 17.9. The van der Waals surface area contributed by atoms with E-state index in [0.717, 1.165) is 27.7 Å². The van der Waals surface area contributed by atoms with Crippen LogP contribution in [0.1, 0.15) is 12.5 Å². The quantitative estimate of drug-likeness (QED) is 0.356. The summed E-state index contributed by atoms with van der Waals surface area (Å²) in [5.74, 6) is -0.161. The molecule has 0 aliphatic heterocycles. The zero-order chi connectivity index (χ0) is 25.9. The van der Waals surface area contributed by atoms with Gasteiger partial charge >= 0.3 is 0 Å². The summed E-state index contributed by atoms with van der Waals surface area (Å²) in [5.41, 5.74) is 2.85. The van der Waals surface area contributed by atoms with Crippen LogP contribution in [0.4, 0.5) is 10.1 Å². The standard InChI is InChI=1S/C28H25FN6O2/c1-18(30-2)27(36)33-24-16-32-26(20-6-4-3-5-7-20)35(28(24)37)17-19-12-23(15-31-14-19)34-11-10-21-13-22(29)8-9-25(21)34/h3-16,18,30H,17H2,1-2H3,(H,33,36). The maximum atomic E-state index is 13.7. The molecule has 0 spiro atoms. The summed E-state index contributed by atoms with van der Waals surface area (Å²) < 4.78 is 17.1. The van der Waals surface area contributed by atoms with Crippen molar-refractivity contribution in [1.82, 2.24) is 24.4 Å². The summed E-state index contributed by atoms with van der Waals surface area (Å²) in [4.78, 5) is 34.9. The van der Waals surface area contributed by atoms with E-state index in [0.29, 0.717) is 5.82 Å². The normalized spacial score (nSPS) is 12.0. The highest BCUT2D eigenvalue weighted by molar-refractivity contribution is 5.94. The van der Waals surface area contributed by atoms with Crippen LogP contribution in [0.3, 0.4) is 0 Å². The van der Waals surface area contributed by atoms with E-state index in [1.54, 1.807) is 32.4 Å². The van der Waals surface area contributed by atoms with Crippen molar-refractivity contribution in [3.05, 3.63) is 107 Å². The van der Waals surface area contributed by atoms with Gasteiger partial charge in [-0.1, -0.05) is 30.3 Å². The molecule has 9 heteroatoms. The smallest absolute Gasteiger partial charge is 0.277 e. The van der Waals surface area contributed by atoms with E-state index >= 15 is 0 Å². The minimum absolute atomic E-state index is 0.0920. The molecule has 0 fully saturated rings. The summed E-state index contributed by atoms with van der Waals surface area (Å²) in [6.07, 6.45) is 6.64. The molecule has 186 valence electrons. The molecular formula is C28H25FN6O2. The van der Waals surface area contributed by atoms with Gasteiger partial charge in [-0.15, -0.1) is 0 Å². The number of nitrogens with zero attached hydrogens (tertiary/aromatic N) is 4. The van der Waals surface area contributed by atoms with Crippen LogP contribution in [0.15, 0.2) is 90.2 Å². The fourth-order valence-electron chi connectivity index (χ4n) is 4.13. The average molecular weight is 497 g/mol. The number of carbonyl (C=O) groups is 1. The molecule has 1 atom stereocenters. The van der Waals surface area contributed by atoms with Crippen molar-refractivity contribution in [2.45, 2.75) is 19.5 Å². The highest BCUT2D eigenvalue weighted by Crippen LogP contribution is 2.23. The minimum Gasteiger partial charge on any atom is -0.319 e. The van der Waals surface area contributed by atoms with E-state index in [9.17, 15) is 14.0 Å². The average Bonchev–Trinajstić information content (AvgIpc) is 3.34. The van der Waals surface area contributed by atoms with Crippen LogP contribution in [0, 0.1) is 5.82 Å². The van der Waals surface area contributed by atoms with Gasteiger partial charge in [-0.3, -0.25) is 19.1 Å². The Morgan fingerprint density at radius 3 is 2.65 bits per heavy atom. The van der Waals surface area contributed by atoms with Crippen LogP contribution < -0.4 is 16.2 Å². The molecule has 0 saturated carbocycles. The number of pyridine rings is 1. The zero-order valence-corrected chi connectivity index (χ0v) is 20.4. The van der Waals surface area contributed by atoms with Crippen molar-refractivity contribution < 1.29 is 9.18 Å². The number of benzene rings is 2. The largest absolute Gasteiger partial charge is 0.319 e. The highest BCUT2D eigenvalue weighted by Gasteiger charge is 2.17. The second-order valence-electron chi connectivity index (χ2n) is 8.69. The third-order valence-corrected chi connectivity index (χ3v) is 6.21. The molecule has 5 aromatic rings. The van der Waals surface area contributed by atoms with E-state index in [1.165, 1.54) is 22.9 Å². The molecule has 37 heavy (non-hydrogen) atoms. The number of anilines is 1. The Bertz CT molecular complexity index is 1640. The SMILES string of the molecule is CNC(C)C(=O)Nc1cnc(-c2ccccc2)n(Cc2cncc(-n3ccc4cc(F)ccc43)c2)c1=O. The van der Waals surface area contributed by atoms with E-state index in [1.807, 2.05) is 53.2 Å². The van der Waals surface area contributed by atoms with Gasteiger partial charge in [0, 0.05) is 23.3 Å². The van der Waals surface area contributed by atoms with Gasteiger partial charge in [-0.2, -0.15) is 0 Å².